The van der Waals surface area contributed by atoms with Gasteiger partial charge in [0.2, 0.25) is 0 Å². The van der Waals surface area contributed by atoms with Gasteiger partial charge in [0.15, 0.2) is 11.6 Å². The number of hydrogen-bond acceptors (Lipinski definition) is 2. The van der Waals surface area contributed by atoms with Gasteiger partial charge < -0.3 is 9.47 Å². The van der Waals surface area contributed by atoms with Crippen molar-refractivity contribution in [1.82, 2.24) is 0 Å². The van der Waals surface area contributed by atoms with Crippen molar-refractivity contribution < 1.29 is 27.0 Å². The van der Waals surface area contributed by atoms with Crippen LogP contribution in [0.5, 0.6) is 17.2 Å². The Morgan fingerprint density at radius 3 is 2.10 bits per heavy atom. The number of benzene rings is 2. The second kappa shape index (κ2) is 5.70. The zero-order valence-corrected chi connectivity index (χ0v) is 11.3. The Labute approximate surface area is 120 Å². The highest BCUT2D eigenvalue weighted by molar-refractivity contribution is 9.10. The van der Waals surface area contributed by atoms with E-state index < -0.39 is 17.9 Å². The maximum Gasteiger partial charge on any atom is 0.573 e. The molecule has 0 radical (unpaired) electrons. The molecule has 0 heterocycles. The lowest BCUT2D eigenvalue weighted by Gasteiger charge is -2.11. The van der Waals surface area contributed by atoms with Crippen molar-refractivity contribution >= 4 is 15.9 Å². The SMILES string of the molecule is Fc1ccc(Oc2ccc(Br)cc2)cc1OC(F)(F)F. The van der Waals surface area contributed by atoms with Gasteiger partial charge in [0, 0.05) is 10.5 Å². The third-order valence-corrected chi connectivity index (χ3v) is 2.71. The maximum absolute atomic E-state index is 13.2. The topological polar surface area (TPSA) is 18.5 Å². The summed E-state index contributed by atoms with van der Waals surface area (Å²) < 4.78 is 59.2. The van der Waals surface area contributed by atoms with Crippen LogP contribution in [0, 0.1) is 5.82 Å². The molecule has 0 atom stereocenters. The first-order valence-corrected chi connectivity index (χ1v) is 6.11. The van der Waals surface area contributed by atoms with E-state index in [0.717, 1.165) is 16.6 Å². The van der Waals surface area contributed by atoms with E-state index in [0.29, 0.717) is 5.75 Å². The van der Waals surface area contributed by atoms with Crippen molar-refractivity contribution in [3.8, 4) is 17.2 Å². The van der Waals surface area contributed by atoms with Crippen molar-refractivity contribution in [3.63, 3.8) is 0 Å². The zero-order chi connectivity index (χ0) is 14.8. The Bertz CT molecular complexity index is 596. The molecule has 7 heteroatoms. The Kier molecular flexibility index (Phi) is 4.17. The molecule has 0 aliphatic carbocycles. The molecule has 0 aliphatic heterocycles. The van der Waals surface area contributed by atoms with Crippen molar-refractivity contribution in [2.24, 2.45) is 0 Å². The van der Waals surface area contributed by atoms with E-state index >= 15 is 0 Å². The first-order valence-electron chi connectivity index (χ1n) is 5.32. The number of rotatable bonds is 3. The summed E-state index contributed by atoms with van der Waals surface area (Å²) in [7, 11) is 0. The fourth-order valence-corrected chi connectivity index (χ4v) is 1.65. The quantitative estimate of drug-likeness (QED) is 0.701. The smallest absolute Gasteiger partial charge is 0.457 e. The Morgan fingerprint density at radius 1 is 0.900 bits per heavy atom. The fourth-order valence-electron chi connectivity index (χ4n) is 1.39. The van der Waals surface area contributed by atoms with Crippen LogP contribution in [0.1, 0.15) is 0 Å². The third kappa shape index (κ3) is 4.12. The molecular weight excluding hydrogens is 344 g/mol. The highest BCUT2D eigenvalue weighted by atomic mass is 79.9. The predicted molar refractivity (Wildman–Crippen MR) is 67.3 cm³/mol. The summed E-state index contributed by atoms with van der Waals surface area (Å²) in [5, 5.41) is 0. The normalized spacial score (nSPS) is 11.2. The summed E-state index contributed by atoms with van der Waals surface area (Å²) in [5.41, 5.74) is 0. The number of alkyl halides is 3. The van der Waals surface area contributed by atoms with Crippen LogP contribution in [-0.2, 0) is 0 Å². The molecule has 0 fully saturated rings. The Morgan fingerprint density at radius 2 is 1.50 bits per heavy atom. The van der Waals surface area contributed by atoms with Crippen LogP contribution in [0.4, 0.5) is 17.6 Å². The summed E-state index contributed by atoms with van der Waals surface area (Å²) in [6.45, 7) is 0. The van der Waals surface area contributed by atoms with Gasteiger partial charge in [-0.25, -0.2) is 4.39 Å². The van der Waals surface area contributed by atoms with Crippen LogP contribution in [0.3, 0.4) is 0 Å². The van der Waals surface area contributed by atoms with E-state index in [1.165, 1.54) is 6.07 Å². The number of halogens is 5. The van der Waals surface area contributed by atoms with Crippen LogP contribution in [0.2, 0.25) is 0 Å². The lowest BCUT2D eigenvalue weighted by atomic mass is 10.3. The lowest BCUT2D eigenvalue weighted by molar-refractivity contribution is -0.275. The Balaban J connectivity index is 2.20. The molecule has 106 valence electrons. The van der Waals surface area contributed by atoms with Crippen LogP contribution >= 0.6 is 15.9 Å². The number of hydrogen-bond donors (Lipinski definition) is 0. The summed E-state index contributed by atoms with van der Waals surface area (Å²) in [6.07, 6.45) is -4.96. The molecule has 20 heavy (non-hydrogen) atoms. The molecule has 2 aromatic rings. The molecule has 0 spiro atoms. The minimum absolute atomic E-state index is 0.0352. The molecule has 0 N–H and O–H groups in total. The van der Waals surface area contributed by atoms with Gasteiger partial charge in [0.25, 0.3) is 0 Å². The lowest BCUT2D eigenvalue weighted by Crippen LogP contribution is -2.17. The Hall–Kier alpha value is -1.76. The largest absolute Gasteiger partial charge is 0.573 e. The first kappa shape index (κ1) is 14.6. The fraction of sp³-hybridized carbons (Fsp3) is 0.0769. The van der Waals surface area contributed by atoms with E-state index in [1.54, 1.807) is 24.3 Å². The van der Waals surface area contributed by atoms with Gasteiger partial charge >= 0.3 is 6.36 Å². The predicted octanol–water partition coefficient (Wildman–Crippen LogP) is 5.28. The third-order valence-electron chi connectivity index (χ3n) is 2.18. The molecule has 0 unspecified atom stereocenters. The molecule has 0 saturated carbocycles. The van der Waals surface area contributed by atoms with E-state index in [4.69, 9.17) is 4.74 Å². The van der Waals surface area contributed by atoms with E-state index in [1.807, 2.05) is 0 Å². The highest BCUT2D eigenvalue weighted by Gasteiger charge is 2.32. The van der Waals surface area contributed by atoms with Crippen LogP contribution in [-0.4, -0.2) is 6.36 Å². The van der Waals surface area contributed by atoms with Gasteiger partial charge in [0.05, 0.1) is 0 Å². The van der Waals surface area contributed by atoms with Gasteiger partial charge in [-0.15, -0.1) is 13.2 Å². The second-order valence-corrected chi connectivity index (χ2v) is 4.61. The molecular formula is C13H7BrF4O2. The van der Waals surface area contributed by atoms with Gasteiger partial charge in [0.1, 0.15) is 11.5 Å². The summed E-state index contributed by atoms with van der Waals surface area (Å²) in [6, 6.07) is 9.51. The second-order valence-electron chi connectivity index (χ2n) is 3.70. The molecule has 2 aromatic carbocycles. The van der Waals surface area contributed by atoms with Crippen LogP contribution in [0.15, 0.2) is 46.9 Å². The highest BCUT2D eigenvalue weighted by Crippen LogP contribution is 2.31. The summed E-state index contributed by atoms with van der Waals surface area (Å²) in [4.78, 5) is 0. The summed E-state index contributed by atoms with van der Waals surface area (Å²) in [5.74, 6) is -1.62. The van der Waals surface area contributed by atoms with E-state index in [-0.39, 0.29) is 5.75 Å². The van der Waals surface area contributed by atoms with Crippen molar-refractivity contribution in [3.05, 3.63) is 52.8 Å². The van der Waals surface area contributed by atoms with Crippen LogP contribution in [0.25, 0.3) is 0 Å². The first-order chi connectivity index (χ1) is 9.33. The average Bonchev–Trinajstić information content (AvgIpc) is 2.34. The van der Waals surface area contributed by atoms with Gasteiger partial charge in [-0.05, 0) is 36.4 Å². The van der Waals surface area contributed by atoms with Gasteiger partial charge in [-0.2, -0.15) is 0 Å². The minimum Gasteiger partial charge on any atom is -0.457 e. The minimum atomic E-state index is -4.96. The van der Waals surface area contributed by atoms with Crippen LogP contribution < -0.4 is 9.47 Å². The molecule has 0 bridgehead atoms. The monoisotopic (exact) mass is 350 g/mol. The van der Waals surface area contributed by atoms with Gasteiger partial charge in [-0.3, -0.25) is 0 Å². The molecule has 2 nitrogen and oxygen atoms in total. The molecule has 0 saturated heterocycles. The average molecular weight is 351 g/mol. The van der Waals surface area contributed by atoms with Crippen molar-refractivity contribution in [1.29, 1.82) is 0 Å². The molecule has 2 rings (SSSR count). The number of ether oxygens (including phenoxy) is 2. The van der Waals surface area contributed by atoms with E-state index in [9.17, 15) is 17.6 Å². The summed E-state index contributed by atoms with van der Waals surface area (Å²) >= 11 is 3.23. The van der Waals surface area contributed by atoms with Gasteiger partial charge in [-0.1, -0.05) is 15.9 Å². The van der Waals surface area contributed by atoms with Crippen molar-refractivity contribution in [2.45, 2.75) is 6.36 Å². The zero-order valence-electron chi connectivity index (χ0n) is 9.75. The molecule has 0 aromatic heterocycles. The standard InChI is InChI=1S/C13H7BrF4O2/c14-8-1-3-9(4-2-8)19-10-5-6-11(15)12(7-10)20-13(16,17)18/h1-7H. The molecule has 0 amide bonds. The van der Waals surface area contributed by atoms with Crippen molar-refractivity contribution in [2.75, 3.05) is 0 Å². The maximum atomic E-state index is 13.2. The van der Waals surface area contributed by atoms with E-state index in [2.05, 4.69) is 20.7 Å². The molecule has 0 aliphatic rings.